The number of carbonyl (C=O) groups excluding carboxylic acids is 1. The van der Waals surface area contributed by atoms with Gasteiger partial charge in [-0.1, -0.05) is 12.8 Å². The molecule has 0 saturated heterocycles. The van der Waals surface area contributed by atoms with Crippen LogP contribution >= 0.6 is 0 Å². The first-order valence-electron chi connectivity index (χ1n) is 5.08. The van der Waals surface area contributed by atoms with Crippen molar-refractivity contribution >= 4 is 5.91 Å². The molecule has 0 N–H and O–H groups in total. The Morgan fingerprint density at radius 3 is 2.79 bits per heavy atom. The molecule has 1 heterocycles. The Labute approximate surface area is 83.7 Å². The minimum Gasteiger partial charge on any atom is -0.472 e. The van der Waals surface area contributed by atoms with Gasteiger partial charge in [-0.25, -0.2) is 0 Å². The Morgan fingerprint density at radius 2 is 2.21 bits per heavy atom. The number of nitrogens with zero attached hydrogens (tertiary/aromatic N) is 1. The van der Waals surface area contributed by atoms with Gasteiger partial charge in [-0.05, 0) is 18.9 Å². The van der Waals surface area contributed by atoms with Gasteiger partial charge in [0, 0.05) is 13.1 Å². The number of rotatable bonds is 2. The first-order chi connectivity index (χ1) is 6.79. The van der Waals surface area contributed by atoms with E-state index >= 15 is 0 Å². The molecule has 2 rings (SSSR count). The third kappa shape index (κ3) is 1.67. The van der Waals surface area contributed by atoms with E-state index in [0.29, 0.717) is 11.6 Å². The van der Waals surface area contributed by atoms with E-state index in [2.05, 4.69) is 0 Å². The summed E-state index contributed by atoms with van der Waals surface area (Å²) in [7, 11) is 1.88. The molecule has 76 valence electrons. The molecule has 1 amide bonds. The molecule has 1 aromatic heterocycles. The molecule has 0 aliphatic heterocycles. The maximum absolute atomic E-state index is 11.9. The van der Waals surface area contributed by atoms with Gasteiger partial charge in [0.1, 0.15) is 6.26 Å². The van der Waals surface area contributed by atoms with Crippen molar-refractivity contribution in [3.8, 4) is 0 Å². The predicted octanol–water partition coefficient (Wildman–Crippen LogP) is 2.29. The highest BCUT2D eigenvalue weighted by molar-refractivity contribution is 5.93. The Hall–Kier alpha value is -1.25. The van der Waals surface area contributed by atoms with E-state index in [1.807, 2.05) is 11.9 Å². The largest absolute Gasteiger partial charge is 0.472 e. The molecule has 3 nitrogen and oxygen atoms in total. The minimum atomic E-state index is 0.0747. The van der Waals surface area contributed by atoms with Crippen molar-refractivity contribution in [3.63, 3.8) is 0 Å². The summed E-state index contributed by atoms with van der Waals surface area (Å²) >= 11 is 0. The molecule has 0 radical (unpaired) electrons. The van der Waals surface area contributed by atoms with Crippen LogP contribution in [0.1, 0.15) is 36.0 Å². The zero-order valence-electron chi connectivity index (χ0n) is 8.40. The van der Waals surface area contributed by atoms with Crippen molar-refractivity contribution < 1.29 is 9.21 Å². The average Bonchev–Trinajstić information content (AvgIpc) is 2.87. The lowest BCUT2D eigenvalue weighted by Gasteiger charge is -2.23. The van der Waals surface area contributed by atoms with Gasteiger partial charge in [0.15, 0.2) is 0 Å². The quantitative estimate of drug-likeness (QED) is 0.722. The molecule has 1 aliphatic carbocycles. The lowest BCUT2D eigenvalue weighted by molar-refractivity contribution is 0.0734. The Bertz CT molecular complexity index is 299. The molecule has 0 bridgehead atoms. The Kier molecular flexibility index (Phi) is 2.57. The third-order valence-electron chi connectivity index (χ3n) is 2.96. The highest BCUT2D eigenvalue weighted by Gasteiger charge is 2.24. The molecule has 1 fully saturated rings. The molecule has 0 unspecified atom stereocenters. The van der Waals surface area contributed by atoms with Gasteiger partial charge in [0.05, 0.1) is 11.8 Å². The van der Waals surface area contributed by atoms with E-state index in [0.717, 1.165) is 12.8 Å². The van der Waals surface area contributed by atoms with Gasteiger partial charge in [-0.3, -0.25) is 4.79 Å². The highest BCUT2D eigenvalue weighted by atomic mass is 16.3. The van der Waals surface area contributed by atoms with Crippen molar-refractivity contribution in [2.45, 2.75) is 31.7 Å². The number of furan rings is 1. The van der Waals surface area contributed by atoms with Gasteiger partial charge in [-0.15, -0.1) is 0 Å². The molecule has 1 saturated carbocycles. The molecule has 0 atom stereocenters. The molecule has 3 heteroatoms. The fraction of sp³-hybridized carbons (Fsp3) is 0.545. The molecule has 1 aliphatic rings. The van der Waals surface area contributed by atoms with Crippen molar-refractivity contribution in [1.82, 2.24) is 4.90 Å². The van der Waals surface area contributed by atoms with Crippen molar-refractivity contribution in [2.24, 2.45) is 0 Å². The summed E-state index contributed by atoms with van der Waals surface area (Å²) in [5, 5.41) is 0. The Morgan fingerprint density at radius 1 is 1.50 bits per heavy atom. The average molecular weight is 193 g/mol. The second-order valence-electron chi connectivity index (χ2n) is 3.87. The van der Waals surface area contributed by atoms with Crippen molar-refractivity contribution in [1.29, 1.82) is 0 Å². The topological polar surface area (TPSA) is 33.5 Å². The third-order valence-corrected chi connectivity index (χ3v) is 2.96. The Balaban J connectivity index is 2.04. The van der Waals surface area contributed by atoms with Crippen LogP contribution in [-0.2, 0) is 0 Å². The summed E-state index contributed by atoms with van der Waals surface area (Å²) in [6.45, 7) is 0. The second kappa shape index (κ2) is 3.86. The fourth-order valence-electron chi connectivity index (χ4n) is 2.05. The van der Waals surface area contributed by atoms with Crippen LogP contribution in [0.3, 0.4) is 0 Å². The minimum absolute atomic E-state index is 0.0747. The van der Waals surface area contributed by atoms with E-state index in [1.165, 1.54) is 25.4 Å². The summed E-state index contributed by atoms with van der Waals surface area (Å²) in [6, 6.07) is 2.14. The van der Waals surface area contributed by atoms with Crippen LogP contribution in [0.5, 0.6) is 0 Å². The SMILES string of the molecule is CN(C(=O)c1ccoc1)C1CCCC1. The molecular weight excluding hydrogens is 178 g/mol. The first kappa shape index (κ1) is 9.31. The molecule has 0 aromatic carbocycles. The number of carbonyl (C=O) groups is 1. The van der Waals surface area contributed by atoms with E-state index in [4.69, 9.17) is 4.42 Å². The van der Waals surface area contributed by atoms with Gasteiger partial charge >= 0.3 is 0 Å². The lowest BCUT2D eigenvalue weighted by Crippen LogP contribution is -2.34. The molecule has 0 spiro atoms. The zero-order valence-corrected chi connectivity index (χ0v) is 8.40. The van der Waals surface area contributed by atoms with Crippen molar-refractivity contribution in [2.75, 3.05) is 7.05 Å². The van der Waals surface area contributed by atoms with Gasteiger partial charge in [-0.2, -0.15) is 0 Å². The van der Waals surface area contributed by atoms with Crippen molar-refractivity contribution in [3.05, 3.63) is 24.2 Å². The van der Waals surface area contributed by atoms with Crippen LogP contribution in [-0.4, -0.2) is 23.9 Å². The van der Waals surface area contributed by atoms with E-state index < -0.39 is 0 Å². The zero-order chi connectivity index (χ0) is 9.97. The van der Waals surface area contributed by atoms with Crippen LogP contribution in [0, 0.1) is 0 Å². The van der Waals surface area contributed by atoms with Crippen LogP contribution in [0.25, 0.3) is 0 Å². The van der Waals surface area contributed by atoms with E-state index in [-0.39, 0.29) is 5.91 Å². The van der Waals surface area contributed by atoms with Crippen LogP contribution in [0.4, 0.5) is 0 Å². The monoisotopic (exact) mass is 193 g/mol. The predicted molar refractivity (Wildman–Crippen MR) is 53.1 cm³/mol. The van der Waals surface area contributed by atoms with Gasteiger partial charge < -0.3 is 9.32 Å². The van der Waals surface area contributed by atoms with Gasteiger partial charge in [0.2, 0.25) is 0 Å². The maximum atomic E-state index is 11.9. The molecule has 14 heavy (non-hydrogen) atoms. The van der Waals surface area contributed by atoms with Crippen LogP contribution < -0.4 is 0 Å². The summed E-state index contributed by atoms with van der Waals surface area (Å²) in [5.74, 6) is 0.0747. The smallest absolute Gasteiger partial charge is 0.257 e. The lowest BCUT2D eigenvalue weighted by atomic mass is 10.2. The first-order valence-corrected chi connectivity index (χ1v) is 5.08. The molecular formula is C11H15NO2. The van der Waals surface area contributed by atoms with Gasteiger partial charge in [0.25, 0.3) is 5.91 Å². The standard InChI is InChI=1S/C11H15NO2/c1-12(10-4-2-3-5-10)11(13)9-6-7-14-8-9/h6-8,10H,2-5H2,1H3. The van der Waals surface area contributed by atoms with Crippen LogP contribution in [0.15, 0.2) is 23.0 Å². The number of amides is 1. The highest BCUT2D eigenvalue weighted by Crippen LogP contribution is 2.23. The normalized spacial score (nSPS) is 17.2. The summed E-state index contributed by atoms with van der Waals surface area (Å²) in [5.41, 5.74) is 0.652. The number of hydrogen-bond donors (Lipinski definition) is 0. The van der Waals surface area contributed by atoms with E-state index in [1.54, 1.807) is 6.07 Å². The number of hydrogen-bond acceptors (Lipinski definition) is 2. The van der Waals surface area contributed by atoms with E-state index in [9.17, 15) is 4.79 Å². The molecule has 1 aromatic rings. The summed E-state index contributed by atoms with van der Waals surface area (Å²) in [6.07, 6.45) is 7.81. The fourth-order valence-corrected chi connectivity index (χ4v) is 2.05. The summed E-state index contributed by atoms with van der Waals surface area (Å²) in [4.78, 5) is 13.7. The summed E-state index contributed by atoms with van der Waals surface area (Å²) < 4.78 is 4.90. The maximum Gasteiger partial charge on any atom is 0.257 e. The second-order valence-corrected chi connectivity index (χ2v) is 3.87. The van der Waals surface area contributed by atoms with Crippen LogP contribution in [0.2, 0.25) is 0 Å².